The van der Waals surface area contributed by atoms with E-state index in [9.17, 15) is 84.1 Å². The zero-order valence-electron chi connectivity index (χ0n) is 23.0. The number of hydrogen-bond donors (Lipinski definition) is 1. The molecule has 0 aliphatic heterocycles. The van der Waals surface area contributed by atoms with Crippen LogP contribution in [0, 0.1) is 105 Å². The maximum Gasteiger partial charge on any atom is 0.785 e. The monoisotopic (exact) mass is 742 g/mol. The second kappa shape index (κ2) is 13.9. The van der Waals surface area contributed by atoms with Gasteiger partial charge in [0.1, 0.15) is 23.2 Å². The van der Waals surface area contributed by atoms with Crippen LogP contribution in [0.5, 0.6) is 11.5 Å². The fourth-order valence-electron chi connectivity index (χ4n) is 4.01. The predicted octanol–water partition coefficient (Wildman–Crippen LogP) is 9.13. The van der Waals surface area contributed by atoms with Gasteiger partial charge in [-0.15, -0.1) is 0 Å². The van der Waals surface area contributed by atoms with E-state index in [1.54, 1.807) is 0 Å². The van der Waals surface area contributed by atoms with E-state index >= 15 is 0 Å². The Labute approximate surface area is 263 Å². The molecule has 0 amide bonds. The fraction of sp³-hybridized carbons (Fsp3) is 0. The lowest BCUT2D eigenvalue weighted by Crippen LogP contribution is -2.31. The zero-order valence-corrected chi connectivity index (χ0v) is 23.0. The maximum absolute atomic E-state index is 13.8. The van der Waals surface area contributed by atoms with Crippen LogP contribution in [0.25, 0.3) is 21.9 Å². The fourth-order valence-corrected chi connectivity index (χ4v) is 4.01. The van der Waals surface area contributed by atoms with Gasteiger partial charge in [0.05, 0.1) is 16.5 Å². The van der Waals surface area contributed by atoms with Crippen LogP contribution in [0.2, 0.25) is 0 Å². The quantitative estimate of drug-likeness (QED) is 0.0846. The Balaban J connectivity index is 0.000000232. The van der Waals surface area contributed by atoms with E-state index in [4.69, 9.17) is 0 Å². The minimum Gasteiger partial charge on any atom is -0.500 e. The molecule has 22 heteroatoms. The minimum atomic E-state index is -2.69. The highest BCUT2D eigenvalue weighted by Crippen LogP contribution is 2.38. The summed E-state index contributed by atoms with van der Waals surface area (Å²) in [5.41, 5.74) is -4.52. The van der Waals surface area contributed by atoms with Gasteiger partial charge in [0.25, 0.3) is 0 Å². The van der Waals surface area contributed by atoms with Gasteiger partial charge in [-0.1, -0.05) is 0 Å². The van der Waals surface area contributed by atoms with Crippen LogP contribution in [0.1, 0.15) is 0 Å². The van der Waals surface area contributed by atoms with E-state index in [0.29, 0.717) is 18.2 Å². The molecule has 1 N–H and O–H groups in total. The number of rotatable bonds is 5. The highest BCUT2D eigenvalue weighted by atomic mass is 19.2. The summed E-state index contributed by atoms with van der Waals surface area (Å²) >= 11 is 0. The van der Waals surface area contributed by atoms with Crippen LogP contribution in [-0.2, 0) is 0 Å². The number of fused-ring (bicyclic) bond motifs is 1. The van der Waals surface area contributed by atoms with Gasteiger partial charge in [-0.2, -0.15) is 8.78 Å². The summed E-state index contributed by atoms with van der Waals surface area (Å²) in [6.07, 6.45) is 0. The molecule has 0 aliphatic carbocycles. The largest absolute Gasteiger partial charge is 0.785 e. The number of hydrogen-bond acceptors (Lipinski definition) is 3. The first-order chi connectivity index (χ1) is 23.2. The first-order valence-electron chi connectivity index (χ1n) is 12.4. The van der Waals surface area contributed by atoms with Gasteiger partial charge in [0.15, 0.2) is 52.3 Å². The van der Waals surface area contributed by atoms with E-state index < -0.39 is 145 Å². The van der Waals surface area contributed by atoms with E-state index in [1.165, 1.54) is 0 Å². The highest BCUT2D eigenvalue weighted by Gasteiger charge is 2.35. The Kier molecular flexibility index (Phi) is 10.5. The Morgan fingerprint density at radius 2 is 0.760 bits per heavy atom. The van der Waals surface area contributed by atoms with Crippen molar-refractivity contribution in [3.63, 3.8) is 0 Å². The Morgan fingerprint density at radius 3 is 1.16 bits per heavy atom. The van der Waals surface area contributed by atoms with Crippen molar-refractivity contribution in [1.82, 2.24) is 0 Å². The normalized spacial score (nSPS) is 11.1. The van der Waals surface area contributed by atoms with Crippen LogP contribution in [0.3, 0.4) is 0 Å². The van der Waals surface area contributed by atoms with Crippen molar-refractivity contribution in [2.24, 2.45) is 0 Å². The van der Waals surface area contributed by atoms with Crippen molar-refractivity contribution in [2.45, 2.75) is 0 Å². The lowest BCUT2D eigenvalue weighted by atomic mass is 10.0. The van der Waals surface area contributed by atoms with Gasteiger partial charge in [0.2, 0.25) is 40.7 Å². The van der Waals surface area contributed by atoms with Gasteiger partial charge < -0.3 is 14.3 Å². The summed E-state index contributed by atoms with van der Waals surface area (Å²) in [5, 5.41) is 8.36. The molecule has 0 aliphatic rings. The molecule has 5 aromatic carbocycles. The van der Waals surface area contributed by atoms with E-state index in [-0.39, 0.29) is 0 Å². The smallest absolute Gasteiger partial charge is 0.500 e. The lowest BCUT2D eigenvalue weighted by molar-refractivity contribution is 0.271. The van der Waals surface area contributed by atoms with Crippen LogP contribution >= 0.6 is 0 Å². The Hall–Kier alpha value is -5.28. The first-order valence-corrected chi connectivity index (χ1v) is 12.4. The van der Waals surface area contributed by atoms with Crippen molar-refractivity contribution in [2.75, 3.05) is 0 Å². The first kappa shape index (κ1) is 37.5. The molecule has 0 saturated heterocycles. The van der Waals surface area contributed by atoms with Crippen molar-refractivity contribution < 1.29 is 93.4 Å². The molecule has 0 aromatic heterocycles. The topological polar surface area (TPSA) is 38.7 Å². The molecule has 5 rings (SSSR count). The molecule has 5 aromatic rings. The van der Waals surface area contributed by atoms with Crippen molar-refractivity contribution >= 4 is 18.1 Å². The third kappa shape index (κ3) is 6.41. The molecule has 0 radical (unpaired) electrons. The minimum absolute atomic E-state index is 0.372. The SMILES string of the molecule is Fc1c(F)c(F)c(-c2c(F)c(F)c(F)c(F)c2F)c(F)c1F.OB(Oc1c(F)c(F)c(F)c(F)c1F)Oc1ccc(F)c2c(F)cc(F)cc12. The maximum atomic E-state index is 13.8. The summed E-state index contributed by atoms with van der Waals surface area (Å²) in [5.74, 6) is -44.6. The molecule has 0 atom stereocenters. The summed E-state index contributed by atoms with van der Waals surface area (Å²) < 4.78 is 247. The third-order valence-electron chi connectivity index (χ3n) is 6.23. The molecular weight excluding hydrogens is 737 g/mol. The molecule has 0 fully saturated rings. The molecule has 0 saturated carbocycles. The lowest BCUT2D eigenvalue weighted by Gasteiger charge is -2.15. The molecule has 0 heterocycles. The number of halogens is 18. The van der Waals surface area contributed by atoms with Crippen LogP contribution in [-0.4, -0.2) is 12.3 Å². The number of benzene rings is 5. The molecule has 0 spiro atoms. The van der Waals surface area contributed by atoms with Gasteiger partial charge in [-0.3, -0.25) is 0 Å². The van der Waals surface area contributed by atoms with Gasteiger partial charge in [-0.05, 0) is 18.2 Å². The second-order valence-corrected chi connectivity index (χ2v) is 9.19. The summed E-state index contributed by atoms with van der Waals surface area (Å²) in [6.45, 7) is 0. The Bertz CT molecular complexity index is 2040. The van der Waals surface area contributed by atoms with Gasteiger partial charge >= 0.3 is 7.32 Å². The van der Waals surface area contributed by atoms with Crippen LogP contribution < -0.4 is 9.31 Å². The van der Waals surface area contributed by atoms with E-state index in [2.05, 4.69) is 9.31 Å². The van der Waals surface area contributed by atoms with E-state index in [1.807, 2.05) is 0 Å². The molecule has 3 nitrogen and oxygen atoms in total. The average molecular weight is 742 g/mol. The van der Waals surface area contributed by atoms with Crippen molar-refractivity contribution in [3.8, 4) is 22.6 Å². The zero-order chi connectivity index (χ0) is 37.7. The van der Waals surface area contributed by atoms with Gasteiger partial charge in [-0.25, -0.2) is 70.2 Å². The highest BCUT2D eigenvalue weighted by molar-refractivity contribution is 6.37. The standard InChI is InChI=1S/C16H5BF8O3.C12F10/c18-5-3-6-9(2-1-7(19)10(6)8(20)4-5)27-17(26)28-16-14(24)12(22)11(21)13(23)15(16)25;13-3-1(4(14)8(18)11(21)7(3)17)2-5(15)9(19)12(22)10(20)6(2)16/h1-4,26H;. The summed E-state index contributed by atoms with van der Waals surface area (Å²) in [6, 6.07) is 2.46. The molecular formula is C28H5BF18O3. The summed E-state index contributed by atoms with van der Waals surface area (Å²) in [4.78, 5) is 0. The third-order valence-corrected chi connectivity index (χ3v) is 6.23. The average Bonchev–Trinajstić information content (AvgIpc) is 3.07. The summed E-state index contributed by atoms with van der Waals surface area (Å²) in [7, 11) is -2.69. The van der Waals surface area contributed by atoms with Crippen LogP contribution in [0.15, 0.2) is 24.3 Å². The van der Waals surface area contributed by atoms with Crippen molar-refractivity contribution in [3.05, 3.63) is 129 Å². The molecule has 0 unspecified atom stereocenters. The van der Waals surface area contributed by atoms with Crippen LogP contribution in [0.4, 0.5) is 79.0 Å². The Morgan fingerprint density at radius 1 is 0.400 bits per heavy atom. The second-order valence-electron chi connectivity index (χ2n) is 9.19. The molecule has 0 bridgehead atoms. The van der Waals surface area contributed by atoms with E-state index in [0.717, 1.165) is 6.07 Å². The predicted molar refractivity (Wildman–Crippen MR) is 131 cm³/mol. The molecule has 264 valence electrons. The van der Waals surface area contributed by atoms with Crippen molar-refractivity contribution in [1.29, 1.82) is 0 Å². The molecule has 50 heavy (non-hydrogen) atoms. The van der Waals surface area contributed by atoms with Gasteiger partial charge in [0, 0.05) is 11.5 Å².